The molecule has 3 rings (SSSR count). The smallest absolute Gasteiger partial charge is 0.255 e. The van der Waals surface area contributed by atoms with E-state index >= 15 is 0 Å². The van der Waals surface area contributed by atoms with Gasteiger partial charge in [0.05, 0.1) is 0 Å². The molecule has 25 heavy (non-hydrogen) atoms. The van der Waals surface area contributed by atoms with Crippen molar-refractivity contribution in [1.29, 1.82) is 5.26 Å². The standard InChI is InChI=1S/C19H17N3O2S/c20-12-25-17-9-7-16(8-10-17)22-19(24)15-3-1-13(2-4-15)11-21-18(23)14-5-6-14/h1-4,7-10,14H,5-6,11H2,(H,21,23)(H,22,24). The van der Waals surface area contributed by atoms with Crippen LogP contribution in [0.3, 0.4) is 0 Å². The number of hydrogen-bond acceptors (Lipinski definition) is 4. The van der Waals surface area contributed by atoms with E-state index in [1.807, 2.05) is 17.5 Å². The van der Waals surface area contributed by atoms with Crippen LogP contribution < -0.4 is 10.6 Å². The van der Waals surface area contributed by atoms with Gasteiger partial charge in [0.25, 0.3) is 5.91 Å². The molecule has 2 amide bonds. The molecule has 2 aromatic rings. The monoisotopic (exact) mass is 351 g/mol. The summed E-state index contributed by atoms with van der Waals surface area (Å²) in [7, 11) is 0. The van der Waals surface area contributed by atoms with E-state index < -0.39 is 0 Å². The summed E-state index contributed by atoms with van der Waals surface area (Å²) < 4.78 is 0. The third-order valence-corrected chi connectivity index (χ3v) is 4.51. The highest BCUT2D eigenvalue weighted by molar-refractivity contribution is 8.03. The second kappa shape index (κ2) is 7.86. The Balaban J connectivity index is 1.54. The number of anilines is 1. The van der Waals surface area contributed by atoms with Crippen molar-refractivity contribution in [2.24, 2.45) is 5.92 Å². The van der Waals surface area contributed by atoms with E-state index in [2.05, 4.69) is 10.6 Å². The molecule has 0 atom stereocenters. The average molecular weight is 351 g/mol. The molecule has 1 fully saturated rings. The normalized spacial score (nSPS) is 12.9. The number of nitriles is 1. The Morgan fingerprint density at radius 1 is 1.08 bits per heavy atom. The van der Waals surface area contributed by atoms with Crippen LogP contribution >= 0.6 is 11.8 Å². The minimum absolute atomic E-state index is 0.111. The third kappa shape index (κ3) is 4.85. The van der Waals surface area contributed by atoms with E-state index in [9.17, 15) is 9.59 Å². The molecule has 2 N–H and O–H groups in total. The van der Waals surface area contributed by atoms with Crippen LogP contribution in [0.25, 0.3) is 0 Å². The summed E-state index contributed by atoms with van der Waals surface area (Å²) in [5.41, 5.74) is 2.18. The molecule has 0 unspecified atom stereocenters. The molecule has 0 heterocycles. The number of hydrogen-bond donors (Lipinski definition) is 2. The zero-order valence-corrected chi connectivity index (χ0v) is 14.3. The number of thiocyanates is 1. The summed E-state index contributed by atoms with van der Waals surface area (Å²) >= 11 is 1.08. The Kier molecular flexibility index (Phi) is 5.36. The molecule has 126 valence electrons. The summed E-state index contributed by atoms with van der Waals surface area (Å²) in [4.78, 5) is 24.7. The number of carbonyl (C=O) groups is 2. The summed E-state index contributed by atoms with van der Waals surface area (Å²) in [5.74, 6) is 0.108. The number of carbonyl (C=O) groups excluding carboxylic acids is 2. The van der Waals surface area contributed by atoms with E-state index in [-0.39, 0.29) is 17.7 Å². The Morgan fingerprint density at radius 2 is 1.76 bits per heavy atom. The van der Waals surface area contributed by atoms with Gasteiger partial charge in [0, 0.05) is 28.6 Å². The first-order chi connectivity index (χ1) is 12.2. The summed E-state index contributed by atoms with van der Waals surface area (Å²) in [5, 5.41) is 16.3. The van der Waals surface area contributed by atoms with Gasteiger partial charge in [-0.3, -0.25) is 9.59 Å². The van der Waals surface area contributed by atoms with Gasteiger partial charge < -0.3 is 10.6 Å². The number of nitrogens with zero attached hydrogens (tertiary/aromatic N) is 1. The first-order valence-electron chi connectivity index (χ1n) is 8.00. The number of nitrogens with one attached hydrogen (secondary N) is 2. The van der Waals surface area contributed by atoms with Crippen LogP contribution in [0.2, 0.25) is 0 Å². The van der Waals surface area contributed by atoms with Crippen LogP contribution in [0.5, 0.6) is 0 Å². The second-order valence-corrected chi connectivity index (χ2v) is 6.72. The summed E-state index contributed by atoms with van der Waals surface area (Å²) in [6.45, 7) is 0.481. The van der Waals surface area contributed by atoms with Crippen molar-refractivity contribution in [3.63, 3.8) is 0 Å². The fourth-order valence-electron chi connectivity index (χ4n) is 2.32. The van der Waals surface area contributed by atoms with Crippen LogP contribution in [0, 0.1) is 16.6 Å². The van der Waals surface area contributed by atoms with E-state index in [0.717, 1.165) is 35.1 Å². The van der Waals surface area contributed by atoms with Crippen molar-refractivity contribution in [2.75, 3.05) is 5.32 Å². The van der Waals surface area contributed by atoms with E-state index in [1.54, 1.807) is 36.4 Å². The molecule has 0 spiro atoms. The van der Waals surface area contributed by atoms with Crippen molar-refractivity contribution >= 4 is 29.3 Å². The van der Waals surface area contributed by atoms with Gasteiger partial charge in [-0.25, -0.2) is 0 Å². The van der Waals surface area contributed by atoms with Gasteiger partial charge in [0.1, 0.15) is 5.40 Å². The lowest BCUT2D eigenvalue weighted by Crippen LogP contribution is -2.24. The zero-order chi connectivity index (χ0) is 17.6. The SMILES string of the molecule is N#CSc1ccc(NC(=O)c2ccc(CNC(=O)C3CC3)cc2)cc1. The lowest BCUT2D eigenvalue weighted by Gasteiger charge is -2.08. The van der Waals surface area contributed by atoms with Crippen LogP contribution in [0.4, 0.5) is 5.69 Å². The highest BCUT2D eigenvalue weighted by Gasteiger charge is 2.29. The zero-order valence-electron chi connectivity index (χ0n) is 13.5. The molecule has 0 saturated heterocycles. The van der Waals surface area contributed by atoms with Crippen LogP contribution in [0.1, 0.15) is 28.8 Å². The maximum absolute atomic E-state index is 12.3. The summed E-state index contributed by atoms with van der Waals surface area (Å²) in [6, 6.07) is 14.3. The maximum atomic E-state index is 12.3. The topological polar surface area (TPSA) is 82.0 Å². The van der Waals surface area contributed by atoms with Crippen molar-refractivity contribution in [3.8, 4) is 5.40 Å². The van der Waals surface area contributed by atoms with Gasteiger partial charge in [0.15, 0.2) is 0 Å². The molecular formula is C19H17N3O2S. The molecule has 1 saturated carbocycles. The fraction of sp³-hybridized carbons (Fsp3) is 0.211. The highest BCUT2D eigenvalue weighted by Crippen LogP contribution is 2.28. The largest absolute Gasteiger partial charge is 0.352 e. The first kappa shape index (κ1) is 17.1. The Hall–Kier alpha value is -2.78. The van der Waals surface area contributed by atoms with E-state index in [4.69, 9.17) is 5.26 Å². The lowest BCUT2D eigenvalue weighted by atomic mass is 10.1. The van der Waals surface area contributed by atoms with Crippen molar-refractivity contribution in [1.82, 2.24) is 5.32 Å². The van der Waals surface area contributed by atoms with Gasteiger partial charge in [-0.1, -0.05) is 12.1 Å². The van der Waals surface area contributed by atoms with Crippen LogP contribution in [-0.2, 0) is 11.3 Å². The Bertz CT molecular complexity index is 806. The molecule has 6 heteroatoms. The molecule has 1 aliphatic rings. The van der Waals surface area contributed by atoms with Crippen LogP contribution in [-0.4, -0.2) is 11.8 Å². The number of rotatable bonds is 6. The molecular weight excluding hydrogens is 334 g/mol. The van der Waals surface area contributed by atoms with Gasteiger partial charge >= 0.3 is 0 Å². The number of amides is 2. The molecule has 0 aliphatic heterocycles. The van der Waals surface area contributed by atoms with Crippen molar-refractivity contribution in [2.45, 2.75) is 24.3 Å². The predicted octanol–water partition coefficient (Wildman–Crippen LogP) is 3.54. The highest BCUT2D eigenvalue weighted by atomic mass is 32.2. The van der Waals surface area contributed by atoms with E-state index in [1.165, 1.54) is 0 Å². The lowest BCUT2D eigenvalue weighted by molar-refractivity contribution is -0.122. The van der Waals surface area contributed by atoms with Crippen molar-refractivity contribution in [3.05, 3.63) is 59.7 Å². The molecule has 0 bridgehead atoms. The average Bonchev–Trinajstić information content (AvgIpc) is 3.47. The van der Waals surface area contributed by atoms with Gasteiger partial charge in [-0.05, 0) is 66.6 Å². The molecule has 0 aromatic heterocycles. The number of benzene rings is 2. The van der Waals surface area contributed by atoms with E-state index in [0.29, 0.717) is 17.8 Å². The molecule has 5 nitrogen and oxygen atoms in total. The Morgan fingerprint density at radius 3 is 2.36 bits per heavy atom. The molecule has 1 aliphatic carbocycles. The molecule has 2 aromatic carbocycles. The van der Waals surface area contributed by atoms with Gasteiger partial charge in [-0.15, -0.1) is 0 Å². The molecule has 0 radical (unpaired) electrons. The summed E-state index contributed by atoms with van der Waals surface area (Å²) in [6.07, 6.45) is 1.97. The predicted molar refractivity (Wildman–Crippen MR) is 96.9 cm³/mol. The van der Waals surface area contributed by atoms with Gasteiger partial charge in [-0.2, -0.15) is 5.26 Å². The second-order valence-electron chi connectivity index (χ2n) is 5.86. The van der Waals surface area contributed by atoms with Crippen LogP contribution in [0.15, 0.2) is 53.4 Å². The fourth-order valence-corrected chi connectivity index (χ4v) is 2.69. The Labute approximate surface area is 150 Å². The van der Waals surface area contributed by atoms with Crippen molar-refractivity contribution < 1.29 is 9.59 Å². The minimum atomic E-state index is -0.200. The first-order valence-corrected chi connectivity index (χ1v) is 8.81. The maximum Gasteiger partial charge on any atom is 0.255 e. The quantitative estimate of drug-likeness (QED) is 0.616. The minimum Gasteiger partial charge on any atom is -0.352 e. The number of thioether (sulfide) groups is 1. The third-order valence-electron chi connectivity index (χ3n) is 3.91. The van der Waals surface area contributed by atoms with Gasteiger partial charge in [0.2, 0.25) is 5.91 Å².